The molecule has 1 atom stereocenters. The van der Waals surface area contributed by atoms with E-state index in [4.69, 9.17) is 5.26 Å². The number of nitriles is 1. The van der Waals surface area contributed by atoms with Crippen molar-refractivity contribution in [1.82, 2.24) is 15.1 Å². The Hall–Kier alpha value is -1.44. The van der Waals surface area contributed by atoms with Crippen molar-refractivity contribution in [3.63, 3.8) is 0 Å². The predicted molar refractivity (Wildman–Crippen MR) is 96.1 cm³/mol. The first-order valence-corrected chi connectivity index (χ1v) is 9.56. The van der Waals surface area contributed by atoms with E-state index in [1.54, 1.807) is 0 Å². The zero-order chi connectivity index (χ0) is 18.0. The van der Waals surface area contributed by atoms with E-state index in [0.29, 0.717) is 17.8 Å². The second-order valence-electron chi connectivity index (χ2n) is 8.24. The maximum Gasteiger partial charge on any atom is 0.257 e. The molecule has 0 aliphatic heterocycles. The van der Waals surface area contributed by atoms with Crippen LogP contribution in [0.2, 0.25) is 0 Å². The first kappa shape index (κ1) is 20.6. The molecule has 0 aromatic carbocycles. The van der Waals surface area contributed by atoms with Gasteiger partial charge in [-0.1, -0.05) is 45.7 Å². The number of hydrogen-bond donors (Lipinski definition) is 0. The van der Waals surface area contributed by atoms with Crippen LogP contribution in [0.5, 0.6) is 0 Å². The van der Waals surface area contributed by atoms with Crippen LogP contribution in [0.1, 0.15) is 85.4 Å². The summed E-state index contributed by atoms with van der Waals surface area (Å²) in [5.41, 5.74) is 0.350. The Morgan fingerprint density at radius 1 is 1.21 bits per heavy atom. The van der Waals surface area contributed by atoms with Gasteiger partial charge in [0.05, 0.1) is 12.6 Å². The number of tetrazole rings is 1. The summed E-state index contributed by atoms with van der Waals surface area (Å²) in [5.74, 6) is 1.88. The topological polar surface area (TPSA) is 58.4 Å². The Morgan fingerprint density at radius 2 is 1.96 bits per heavy atom. The number of unbranched alkanes of at least 4 members (excludes halogenated alkanes) is 4. The van der Waals surface area contributed by atoms with Crippen LogP contribution < -0.4 is 4.68 Å². The van der Waals surface area contributed by atoms with Crippen LogP contribution in [0.15, 0.2) is 0 Å². The highest BCUT2D eigenvalue weighted by Crippen LogP contribution is 2.25. The van der Waals surface area contributed by atoms with Crippen LogP contribution in [0, 0.1) is 22.7 Å². The van der Waals surface area contributed by atoms with Gasteiger partial charge in [0.25, 0.3) is 5.82 Å². The lowest BCUT2D eigenvalue weighted by Crippen LogP contribution is -2.41. The highest BCUT2D eigenvalue weighted by molar-refractivity contribution is 4.80. The maximum absolute atomic E-state index is 8.62. The van der Waals surface area contributed by atoms with E-state index in [2.05, 4.69) is 60.5 Å². The second kappa shape index (κ2) is 10.4. The lowest BCUT2D eigenvalue weighted by atomic mass is 9.84. The molecule has 0 N–H and O–H groups in total. The number of hydrogen-bond acceptors (Lipinski definition) is 3. The van der Waals surface area contributed by atoms with Gasteiger partial charge in [-0.05, 0) is 43.4 Å². The van der Waals surface area contributed by atoms with Gasteiger partial charge >= 0.3 is 0 Å². The summed E-state index contributed by atoms with van der Waals surface area (Å²) in [5, 5.41) is 17.4. The average Bonchev–Trinajstić information content (AvgIpc) is 2.85. The molecule has 1 rings (SSSR count). The standard InChI is InChI=1S/C19H36N5/c1-6-7-13-23-18(15-17(2)16-19(3,4)5)24(22-21-23)14-11-9-8-10-12-20/h17H,6-11,13-16H2,1-5H3/q+1. The average molecular weight is 335 g/mol. The molecule has 0 saturated heterocycles. The minimum Gasteiger partial charge on any atom is -0.198 e. The second-order valence-corrected chi connectivity index (χ2v) is 8.24. The summed E-state index contributed by atoms with van der Waals surface area (Å²) in [6.07, 6.45) is 8.34. The lowest BCUT2D eigenvalue weighted by Gasteiger charge is -2.22. The summed E-state index contributed by atoms with van der Waals surface area (Å²) in [6, 6.07) is 2.21. The molecule has 0 fully saturated rings. The molecule has 136 valence electrons. The Morgan fingerprint density at radius 3 is 2.58 bits per heavy atom. The van der Waals surface area contributed by atoms with Crippen molar-refractivity contribution in [3.8, 4) is 6.07 Å². The lowest BCUT2D eigenvalue weighted by molar-refractivity contribution is -0.761. The van der Waals surface area contributed by atoms with Crippen molar-refractivity contribution in [1.29, 1.82) is 5.26 Å². The molecular formula is C19H36N5+. The molecule has 0 amide bonds. The van der Waals surface area contributed by atoms with Gasteiger partial charge in [0, 0.05) is 12.8 Å². The van der Waals surface area contributed by atoms with E-state index in [0.717, 1.165) is 45.2 Å². The third-order valence-corrected chi connectivity index (χ3v) is 4.23. The molecule has 0 saturated carbocycles. The number of aromatic nitrogens is 4. The van der Waals surface area contributed by atoms with Crippen molar-refractivity contribution in [2.75, 3.05) is 0 Å². The zero-order valence-electron chi connectivity index (χ0n) is 16.4. The Balaban J connectivity index is 2.72. The summed E-state index contributed by atoms with van der Waals surface area (Å²) in [7, 11) is 0. The van der Waals surface area contributed by atoms with E-state index in [9.17, 15) is 0 Å². The molecule has 1 aromatic rings. The number of rotatable bonds is 11. The normalized spacial score (nSPS) is 13.0. The van der Waals surface area contributed by atoms with E-state index in [1.165, 1.54) is 18.7 Å². The fourth-order valence-corrected chi connectivity index (χ4v) is 3.27. The maximum atomic E-state index is 8.62. The summed E-state index contributed by atoms with van der Waals surface area (Å²) in [6.45, 7) is 13.3. The molecule has 0 radical (unpaired) electrons. The van der Waals surface area contributed by atoms with E-state index >= 15 is 0 Å². The molecule has 0 bridgehead atoms. The quantitative estimate of drug-likeness (QED) is 0.453. The molecule has 5 heteroatoms. The van der Waals surface area contributed by atoms with Crippen molar-refractivity contribution in [3.05, 3.63) is 5.82 Å². The highest BCUT2D eigenvalue weighted by Gasteiger charge is 2.24. The van der Waals surface area contributed by atoms with Gasteiger partial charge in [-0.15, -0.1) is 4.68 Å². The first-order chi connectivity index (χ1) is 11.4. The van der Waals surface area contributed by atoms with Crippen LogP contribution >= 0.6 is 0 Å². The van der Waals surface area contributed by atoms with Gasteiger partial charge in [0.15, 0.2) is 5.21 Å². The van der Waals surface area contributed by atoms with Crippen LogP contribution in [-0.4, -0.2) is 15.1 Å². The van der Waals surface area contributed by atoms with Crippen LogP contribution in [-0.2, 0) is 19.5 Å². The number of aryl methyl sites for hydroxylation is 2. The Labute approximate surface area is 148 Å². The molecule has 1 heterocycles. The van der Waals surface area contributed by atoms with Crippen molar-refractivity contribution < 1.29 is 4.68 Å². The molecule has 1 unspecified atom stereocenters. The van der Waals surface area contributed by atoms with Gasteiger partial charge in [0.1, 0.15) is 11.8 Å². The molecule has 0 aliphatic carbocycles. The molecule has 0 aliphatic rings. The summed E-state index contributed by atoms with van der Waals surface area (Å²) >= 11 is 0. The third kappa shape index (κ3) is 7.90. The highest BCUT2D eigenvalue weighted by atomic mass is 15.6. The summed E-state index contributed by atoms with van der Waals surface area (Å²) in [4.78, 5) is 0. The van der Waals surface area contributed by atoms with Crippen LogP contribution in [0.4, 0.5) is 0 Å². The fourth-order valence-electron chi connectivity index (χ4n) is 3.27. The number of nitrogens with zero attached hydrogens (tertiary/aromatic N) is 5. The van der Waals surface area contributed by atoms with E-state index < -0.39 is 0 Å². The van der Waals surface area contributed by atoms with Gasteiger partial charge in [-0.25, -0.2) is 0 Å². The van der Waals surface area contributed by atoms with Gasteiger partial charge in [0.2, 0.25) is 0 Å². The minimum atomic E-state index is 0.350. The van der Waals surface area contributed by atoms with E-state index in [1.807, 2.05) is 0 Å². The molecule has 24 heavy (non-hydrogen) atoms. The van der Waals surface area contributed by atoms with Crippen LogP contribution in [0.25, 0.3) is 0 Å². The SMILES string of the molecule is CCCCn1nn[n+](CCCCCC#N)c1CC(C)CC(C)(C)C. The smallest absolute Gasteiger partial charge is 0.198 e. The van der Waals surface area contributed by atoms with Gasteiger partial charge in [-0.2, -0.15) is 5.26 Å². The fraction of sp³-hybridized carbons (Fsp3) is 0.895. The van der Waals surface area contributed by atoms with Gasteiger partial charge < -0.3 is 0 Å². The molecule has 1 aromatic heterocycles. The van der Waals surface area contributed by atoms with Crippen molar-refractivity contribution >= 4 is 0 Å². The van der Waals surface area contributed by atoms with Gasteiger partial charge in [-0.3, -0.25) is 0 Å². The van der Waals surface area contributed by atoms with Crippen molar-refractivity contribution in [2.24, 2.45) is 11.3 Å². The Kier molecular flexibility index (Phi) is 8.95. The largest absolute Gasteiger partial charge is 0.257 e. The van der Waals surface area contributed by atoms with E-state index in [-0.39, 0.29) is 0 Å². The third-order valence-electron chi connectivity index (χ3n) is 4.23. The molecule has 5 nitrogen and oxygen atoms in total. The minimum absolute atomic E-state index is 0.350. The molecule has 0 spiro atoms. The summed E-state index contributed by atoms with van der Waals surface area (Å²) < 4.78 is 4.21. The predicted octanol–water partition coefficient (Wildman–Crippen LogP) is 4.06. The van der Waals surface area contributed by atoms with Crippen LogP contribution in [0.3, 0.4) is 0 Å². The Bertz CT molecular complexity index is 507. The molecular weight excluding hydrogens is 298 g/mol. The zero-order valence-corrected chi connectivity index (χ0v) is 16.4. The van der Waals surface area contributed by atoms with Crippen molar-refractivity contribution in [2.45, 2.75) is 99.1 Å². The first-order valence-electron chi connectivity index (χ1n) is 9.56. The monoisotopic (exact) mass is 334 g/mol.